The SMILES string of the molecule is CCCCCCCCCC(=O)N/N=C/c1cccc(F)c1. The van der Waals surface area contributed by atoms with Crippen molar-refractivity contribution in [2.24, 2.45) is 5.10 Å². The summed E-state index contributed by atoms with van der Waals surface area (Å²) in [5.74, 6) is -0.399. The van der Waals surface area contributed by atoms with E-state index in [0.29, 0.717) is 12.0 Å². The lowest BCUT2D eigenvalue weighted by atomic mass is 10.1. The molecule has 116 valence electrons. The number of unbranched alkanes of at least 4 members (excludes halogenated alkanes) is 6. The monoisotopic (exact) mass is 292 g/mol. The lowest BCUT2D eigenvalue weighted by molar-refractivity contribution is -0.121. The fraction of sp³-hybridized carbons (Fsp3) is 0.529. The molecule has 0 heterocycles. The van der Waals surface area contributed by atoms with E-state index < -0.39 is 0 Å². The standard InChI is InChI=1S/C17H25FN2O/c1-2-3-4-5-6-7-8-12-17(21)20-19-14-15-10-9-11-16(18)13-15/h9-11,13-14H,2-8,12H2,1H3,(H,20,21)/b19-14+. The van der Waals surface area contributed by atoms with E-state index in [1.54, 1.807) is 12.1 Å². The number of rotatable bonds is 10. The van der Waals surface area contributed by atoms with Crippen LogP contribution < -0.4 is 5.43 Å². The quantitative estimate of drug-likeness (QED) is 0.387. The zero-order valence-corrected chi connectivity index (χ0v) is 12.8. The molecule has 0 unspecified atom stereocenters. The highest BCUT2D eigenvalue weighted by molar-refractivity contribution is 5.82. The summed E-state index contributed by atoms with van der Waals surface area (Å²) in [5.41, 5.74) is 3.10. The van der Waals surface area contributed by atoms with Gasteiger partial charge in [0.15, 0.2) is 0 Å². The molecule has 0 atom stereocenters. The van der Waals surface area contributed by atoms with E-state index in [2.05, 4.69) is 17.5 Å². The van der Waals surface area contributed by atoms with Crippen molar-refractivity contribution >= 4 is 12.1 Å². The Bertz CT molecular complexity index is 446. The Hall–Kier alpha value is -1.71. The molecular formula is C17H25FN2O. The fourth-order valence-corrected chi connectivity index (χ4v) is 2.06. The summed E-state index contributed by atoms with van der Waals surface area (Å²) in [7, 11) is 0. The van der Waals surface area contributed by atoms with Crippen LogP contribution in [-0.4, -0.2) is 12.1 Å². The second kappa shape index (κ2) is 11.0. The molecule has 0 saturated heterocycles. The Morgan fingerprint density at radius 2 is 1.90 bits per heavy atom. The highest BCUT2D eigenvalue weighted by atomic mass is 19.1. The summed E-state index contributed by atoms with van der Waals surface area (Å²) >= 11 is 0. The highest BCUT2D eigenvalue weighted by Crippen LogP contribution is 2.08. The highest BCUT2D eigenvalue weighted by Gasteiger charge is 1.99. The van der Waals surface area contributed by atoms with Gasteiger partial charge < -0.3 is 0 Å². The maximum absolute atomic E-state index is 12.9. The molecular weight excluding hydrogens is 267 g/mol. The smallest absolute Gasteiger partial charge is 0.240 e. The van der Waals surface area contributed by atoms with Crippen molar-refractivity contribution in [2.45, 2.75) is 58.3 Å². The third kappa shape index (κ3) is 8.95. The Labute approximate surface area is 126 Å². The molecule has 1 aromatic carbocycles. The minimum atomic E-state index is -0.312. The average molecular weight is 292 g/mol. The van der Waals surface area contributed by atoms with Crippen LogP contribution in [0.5, 0.6) is 0 Å². The van der Waals surface area contributed by atoms with Crippen LogP contribution in [0.25, 0.3) is 0 Å². The lowest BCUT2D eigenvalue weighted by Crippen LogP contribution is -2.16. The zero-order valence-electron chi connectivity index (χ0n) is 12.8. The van der Waals surface area contributed by atoms with Gasteiger partial charge in [-0.25, -0.2) is 9.82 Å². The van der Waals surface area contributed by atoms with Crippen molar-refractivity contribution in [3.05, 3.63) is 35.6 Å². The average Bonchev–Trinajstić information content (AvgIpc) is 2.46. The van der Waals surface area contributed by atoms with Crippen molar-refractivity contribution in [3.63, 3.8) is 0 Å². The Balaban J connectivity index is 2.08. The number of halogens is 1. The number of hydrazone groups is 1. The molecule has 0 spiro atoms. The largest absolute Gasteiger partial charge is 0.273 e. The summed E-state index contributed by atoms with van der Waals surface area (Å²) < 4.78 is 12.9. The maximum atomic E-state index is 12.9. The predicted molar refractivity (Wildman–Crippen MR) is 84.7 cm³/mol. The van der Waals surface area contributed by atoms with Gasteiger partial charge in [-0.2, -0.15) is 5.10 Å². The van der Waals surface area contributed by atoms with Gasteiger partial charge in [0.2, 0.25) is 5.91 Å². The number of hydrogen-bond acceptors (Lipinski definition) is 2. The van der Waals surface area contributed by atoms with Gasteiger partial charge >= 0.3 is 0 Å². The van der Waals surface area contributed by atoms with E-state index >= 15 is 0 Å². The Morgan fingerprint density at radius 3 is 2.62 bits per heavy atom. The van der Waals surface area contributed by atoms with Crippen LogP contribution in [-0.2, 0) is 4.79 Å². The number of amides is 1. The minimum absolute atomic E-state index is 0.0868. The third-order valence-corrected chi connectivity index (χ3v) is 3.26. The summed E-state index contributed by atoms with van der Waals surface area (Å²) in [4.78, 5) is 11.5. The van der Waals surface area contributed by atoms with Gasteiger partial charge in [0, 0.05) is 6.42 Å². The van der Waals surface area contributed by atoms with Gasteiger partial charge in [0.25, 0.3) is 0 Å². The summed E-state index contributed by atoms with van der Waals surface area (Å²) in [6, 6.07) is 6.08. The molecule has 0 aliphatic heterocycles. The second-order valence-electron chi connectivity index (χ2n) is 5.22. The summed E-state index contributed by atoms with van der Waals surface area (Å²) in [5, 5.41) is 3.83. The van der Waals surface area contributed by atoms with Crippen LogP contribution in [0.3, 0.4) is 0 Å². The van der Waals surface area contributed by atoms with Crippen molar-refractivity contribution in [1.29, 1.82) is 0 Å². The van der Waals surface area contributed by atoms with Gasteiger partial charge in [0.05, 0.1) is 6.21 Å². The number of benzene rings is 1. The normalized spacial score (nSPS) is 11.0. The van der Waals surface area contributed by atoms with Crippen LogP contribution in [0.4, 0.5) is 4.39 Å². The van der Waals surface area contributed by atoms with Crippen LogP contribution in [0.15, 0.2) is 29.4 Å². The third-order valence-electron chi connectivity index (χ3n) is 3.26. The first-order chi connectivity index (χ1) is 10.2. The van der Waals surface area contributed by atoms with Crippen LogP contribution in [0.2, 0.25) is 0 Å². The molecule has 1 aromatic rings. The lowest BCUT2D eigenvalue weighted by Gasteiger charge is -2.01. The number of carbonyl (C=O) groups excluding carboxylic acids is 1. The first-order valence-electron chi connectivity index (χ1n) is 7.80. The fourth-order valence-electron chi connectivity index (χ4n) is 2.06. The van der Waals surface area contributed by atoms with Gasteiger partial charge in [0.1, 0.15) is 5.82 Å². The topological polar surface area (TPSA) is 41.5 Å². The molecule has 0 aromatic heterocycles. The molecule has 3 nitrogen and oxygen atoms in total. The number of nitrogens with one attached hydrogen (secondary N) is 1. The molecule has 1 amide bonds. The first kappa shape index (κ1) is 17.3. The van der Waals surface area contributed by atoms with E-state index in [1.165, 1.54) is 50.5 Å². The van der Waals surface area contributed by atoms with Gasteiger partial charge in [-0.05, 0) is 24.1 Å². The van der Waals surface area contributed by atoms with Crippen molar-refractivity contribution in [3.8, 4) is 0 Å². The number of carbonyl (C=O) groups is 1. The van der Waals surface area contributed by atoms with Gasteiger partial charge in [-0.3, -0.25) is 4.79 Å². The molecule has 0 aliphatic rings. The Kier molecular flexibility index (Phi) is 9.09. The van der Waals surface area contributed by atoms with Crippen molar-refractivity contribution < 1.29 is 9.18 Å². The van der Waals surface area contributed by atoms with E-state index in [1.807, 2.05) is 0 Å². The van der Waals surface area contributed by atoms with Crippen LogP contribution >= 0.6 is 0 Å². The van der Waals surface area contributed by atoms with Crippen LogP contribution in [0.1, 0.15) is 63.9 Å². The molecule has 0 bridgehead atoms. The Morgan fingerprint density at radius 1 is 1.19 bits per heavy atom. The predicted octanol–water partition coefficient (Wildman–Crippen LogP) is 4.42. The summed E-state index contributed by atoms with van der Waals surface area (Å²) in [6.07, 6.45) is 10.2. The molecule has 21 heavy (non-hydrogen) atoms. The second-order valence-corrected chi connectivity index (χ2v) is 5.22. The first-order valence-corrected chi connectivity index (χ1v) is 7.80. The van der Waals surface area contributed by atoms with Crippen molar-refractivity contribution in [2.75, 3.05) is 0 Å². The molecule has 4 heteroatoms. The molecule has 0 aliphatic carbocycles. The van der Waals surface area contributed by atoms with Crippen molar-refractivity contribution in [1.82, 2.24) is 5.43 Å². The molecule has 0 saturated carbocycles. The molecule has 1 rings (SSSR count). The van der Waals surface area contributed by atoms with E-state index in [9.17, 15) is 9.18 Å². The van der Waals surface area contributed by atoms with Gasteiger partial charge in [-0.1, -0.05) is 57.6 Å². The molecule has 1 N–H and O–H groups in total. The van der Waals surface area contributed by atoms with Crippen LogP contribution in [0, 0.1) is 5.82 Å². The molecule has 0 fully saturated rings. The number of hydrogen-bond donors (Lipinski definition) is 1. The summed E-state index contributed by atoms with van der Waals surface area (Å²) in [6.45, 7) is 2.20. The van der Waals surface area contributed by atoms with Gasteiger partial charge in [-0.15, -0.1) is 0 Å². The van der Waals surface area contributed by atoms with E-state index in [-0.39, 0.29) is 11.7 Å². The number of nitrogens with zero attached hydrogens (tertiary/aromatic N) is 1. The maximum Gasteiger partial charge on any atom is 0.240 e. The van der Waals surface area contributed by atoms with E-state index in [0.717, 1.165) is 12.8 Å². The molecule has 0 radical (unpaired) electrons. The minimum Gasteiger partial charge on any atom is -0.273 e. The van der Waals surface area contributed by atoms with E-state index in [4.69, 9.17) is 0 Å². The zero-order chi connectivity index (χ0) is 15.3.